The first-order valence-corrected chi connectivity index (χ1v) is 10.1. The second-order valence-corrected chi connectivity index (χ2v) is 8.25. The van der Waals surface area contributed by atoms with Crippen LogP contribution in [-0.2, 0) is 12.8 Å². The van der Waals surface area contributed by atoms with Crippen LogP contribution in [0.25, 0.3) is 10.1 Å². The molecule has 1 aromatic heterocycles. The van der Waals surface area contributed by atoms with Gasteiger partial charge in [0.05, 0.1) is 6.21 Å². The maximum absolute atomic E-state index is 12.7. The van der Waals surface area contributed by atoms with Gasteiger partial charge in [-0.3, -0.25) is 4.79 Å². The summed E-state index contributed by atoms with van der Waals surface area (Å²) in [5.41, 5.74) is 1.36. The molecule has 0 saturated heterocycles. The van der Waals surface area contributed by atoms with Crippen LogP contribution in [0.5, 0.6) is 0 Å². The molecule has 0 fully saturated rings. The second kappa shape index (κ2) is 7.56. The first kappa shape index (κ1) is 16.6. The van der Waals surface area contributed by atoms with Crippen molar-refractivity contribution in [3.63, 3.8) is 0 Å². The Morgan fingerprint density at radius 2 is 2.00 bits per heavy atom. The number of hydrogen-bond acceptors (Lipinski definition) is 5. The Hall–Kier alpha value is -1.88. The molecule has 0 radical (unpaired) electrons. The highest BCUT2D eigenvalue weighted by atomic mass is 32.1. The van der Waals surface area contributed by atoms with E-state index in [9.17, 15) is 4.79 Å². The van der Waals surface area contributed by atoms with E-state index in [1.165, 1.54) is 30.6 Å². The van der Waals surface area contributed by atoms with Crippen LogP contribution in [-0.4, -0.2) is 12.3 Å². The summed E-state index contributed by atoms with van der Waals surface area (Å²) < 4.78 is 1.14. The van der Waals surface area contributed by atoms with Crippen molar-refractivity contribution in [3.05, 3.63) is 44.9 Å². The van der Waals surface area contributed by atoms with Gasteiger partial charge in [0.25, 0.3) is 0 Å². The van der Waals surface area contributed by atoms with Gasteiger partial charge in [-0.15, -0.1) is 16.4 Å². The van der Waals surface area contributed by atoms with Crippen LogP contribution in [0.15, 0.2) is 44.5 Å². The van der Waals surface area contributed by atoms with Crippen LogP contribution < -0.4 is 5.43 Å². The molecule has 1 aromatic carbocycles. The standard InChI is InChI=1S/C20H23N3OS/c24-20-16-8-4-5-9-18(16)25-19-12-14(10-11-17(19)20)6-2-1-3-7-15-13-21-23-22-15/h4-5,8-9,13-15H,1-3,6-7,10-12H2. The Labute approximate surface area is 151 Å². The molecule has 2 unspecified atom stereocenters. The zero-order valence-electron chi connectivity index (χ0n) is 14.4. The van der Waals surface area contributed by atoms with Crippen molar-refractivity contribution in [2.24, 2.45) is 21.4 Å². The molecule has 0 saturated carbocycles. The van der Waals surface area contributed by atoms with Gasteiger partial charge in [-0.1, -0.05) is 37.8 Å². The molecule has 2 aliphatic rings. The summed E-state index contributed by atoms with van der Waals surface area (Å²) in [7, 11) is 0. The molecule has 25 heavy (non-hydrogen) atoms. The molecule has 130 valence electrons. The smallest absolute Gasteiger partial charge is 0.191 e. The zero-order chi connectivity index (χ0) is 17.1. The fourth-order valence-electron chi connectivity index (χ4n) is 3.93. The van der Waals surface area contributed by atoms with Crippen molar-refractivity contribution in [1.82, 2.24) is 0 Å². The van der Waals surface area contributed by atoms with Crippen LogP contribution in [0.3, 0.4) is 0 Å². The largest absolute Gasteiger partial charge is 0.289 e. The summed E-state index contributed by atoms with van der Waals surface area (Å²) in [6.45, 7) is 0. The fraction of sp³-hybridized carbons (Fsp3) is 0.500. The van der Waals surface area contributed by atoms with E-state index in [2.05, 4.69) is 21.5 Å². The SMILES string of the molecule is O=c1c2c(sc3ccccc13)CC(CCCCCC1C=NN=N1)CC2. The average Bonchev–Trinajstić information content (AvgIpc) is 3.15. The van der Waals surface area contributed by atoms with Crippen molar-refractivity contribution >= 4 is 27.6 Å². The monoisotopic (exact) mass is 353 g/mol. The van der Waals surface area contributed by atoms with E-state index in [4.69, 9.17) is 0 Å². The first-order valence-electron chi connectivity index (χ1n) is 9.28. The van der Waals surface area contributed by atoms with Gasteiger partial charge >= 0.3 is 0 Å². The lowest BCUT2D eigenvalue weighted by Gasteiger charge is -2.24. The predicted molar refractivity (Wildman–Crippen MR) is 104 cm³/mol. The predicted octanol–water partition coefficient (Wildman–Crippen LogP) is 5.14. The van der Waals surface area contributed by atoms with Crippen molar-refractivity contribution in [2.45, 2.75) is 57.4 Å². The van der Waals surface area contributed by atoms with E-state index < -0.39 is 0 Å². The lowest BCUT2D eigenvalue weighted by Crippen LogP contribution is -2.20. The molecule has 5 heteroatoms. The van der Waals surface area contributed by atoms with E-state index in [1.54, 1.807) is 0 Å². The Bertz CT molecular complexity index is 859. The molecule has 4 nitrogen and oxygen atoms in total. The van der Waals surface area contributed by atoms with Gasteiger partial charge in [-0.25, -0.2) is 0 Å². The van der Waals surface area contributed by atoms with Gasteiger partial charge in [-0.05, 0) is 49.0 Å². The summed E-state index contributed by atoms with van der Waals surface area (Å²) in [4.78, 5) is 14.0. The van der Waals surface area contributed by atoms with E-state index >= 15 is 0 Å². The fourth-order valence-corrected chi connectivity index (χ4v) is 5.25. The Morgan fingerprint density at radius 1 is 1.12 bits per heavy atom. The van der Waals surface area contributed by atoms with Crippen LogP contribution in [0.1, 0.15) is 49.0 Å². The summed E-state index contributed by atoms with van der Waals surface area (Å²) in [5, 5.41) is 12.4. The Kier molecular flexibility index (Phi) is 5.02. The Balaban J connectivity index is 1.32. The highest BCUT2D eigenvalue weighted by Crippen LogP contribution is 2.32. The third-order valence-electron chi connectivity index (χ3n) is 5.35. The molecule has 0 bridgehead atoms. The van der Waals surface area contributed by atoms with E-state index in [1.807, 2.05) is 35.8 Å². The van der Waals surface area contributed by atoms with Crippen molar-refractivity contribution in [3.8, 4) is 0 Å². The maximum Gasteiger partial charge on any atom is 0.191 e. The summed E-state index contributed by atoms with van der Waals surface area (Å²) in [5.74, 6) is 0.733. The normalized spacial score (nSPS) is 21.8. The van der Waals surface area contributed by atoms with Gasteiger partial charge in [-0.2, -0.15) is 5.11 Å². The Morgan fingerprint density at radius 3 is 2.88 bits per heavy atom. The molecule has 2 heterocycles. The van der Waals surface area contributed by atoms with Gasteiger partial charge in [0, 0.05) is 20.5 Å². The minimum atomic E-state index is 0.215. The van der Waals surface area contributed by atoms with E-state index in [-0.39, 0.29) is 11.5 Å². The third-order valence-corrected chi connectivity index (χ3v) is 6.59. The number of unbranched alkanes of at least 4 members (excludes halogenated alkanes) is 2. The number of benzene rings is 1. The van der Waals surface area contributed by atoms with E-state index in [0.717, 1.165) is 47.3 Å². The number of hydrogen-bond donors (Lipinski definition) is 0. The molecule has 1 aliphatic heterocycles. The van der Waals surface area contributed by atoms with Gasteiger partial charge in [0.2, 0.25) is 0 Å². The molecule has 2 atom stereocenters. The number of fused-ring (bicyclic) bond motifs is 2. The zero-order valence-corrected chi connectivity index (χ0v) is 15.2. The van der Waals surface area contributed by atoms with Crippen LogP contribution in [0.4, 0.5) is 0 Å². The quantitative estimate of drug-likeness (QED) is 0.664. The van der Waals surface area contributed by atoms with Gasteiger partial charge in [0.1, 0.15) is 6.04 Å². The average molecular weight is 353 g/mol. The first-order chi connectivity index (χ1) is 12.3. The van der Waals surface area contributed by atoms with Crippen molar-refractivity contribution < 1.29 is 0 Å². The highest BCUT2D eigenvalue weighted by molar-refractivity contribution is 7.18. The number of rotatable bonds is 6. The van der Waals surface area contributed by atoms with Gasteiger partial charge < -0.3 is 0 Å². The van der Waals surface area contributed by atoms with Crippen LogP contribution >= 0.6 is 11.3 Å². The highest BCUT2D eigenvalue weighted by Gasteiger charge is 2.22. The van der Waals surface area contributed by atoms with Crippen LogP contribution in [0.2, 0.25) is 0 Å². The lowest BCUT2D eigenvalue weighted by atomic mass is 9.85. The third kappa shape index (κ3) is 3.71. The summed E-state index contributed by atoms with van der Waals surface area (Å²) in [6.07, 6.45) is 11.1. The lowest BCUT2D eigenvalue weighted by molar-refractivity contribution is 0.407. The number of nitrogens with zero attached hydrogens (tertiary/aromatic N) is 3. The van der Waals surface area contributed by atoms with Crippen molar-refractivity contribution in [2.75, 3.05) is 0 Å². The molecule has 0 amide bonds. The van der Waals surface area contributed by atoms with Crippen LogP contribution in [0, 0.1) is 5.92 Å². The molecule has 0 spiro atoms. The molecule has 1 aliphatic carbocycles. The minimum Gasteiger partial charge on any atom is -0.289 e. The molecule has 2 aromatic rings. The molecule has 0 N–H and O–H groups in total. The summed E-state index contributed by atoms with van der Waals surface area (Å²) >= 11 is 1.83. The maximum atomic E-state index is 12.7. The van der Waals surface area contributed by atoms with Crippen molar-refractivity contribution in [1.29, 1.82) is 0 Å². The van der Waals surface area contributed by atoms with E-state index in [0.29, 0.717) is 0 Å². The molecule has 4 rings (SSSR count). The molecular formula is C20H23N3OS. The van der Waals surface area contributed by atoms with Gasteiger partial charge in [0.15, 0.2) is 5.43 Å². The second-order valence-electron chi connectivity index (χ2n) is 7.11. The topological polar surface area (TPSA) is 54.1 Å². The minimum absolute atomic E-state index is 0.215. The summed E-state index contributed by atoms with van der Waals surface area (Å²) in [6, 6.07) is 8.25. The molecular weight excluding hydrogens is 330 g/mol.